The molecule has 194 valence electrons. The number of aromatic nitrogens is 4. The summed E-state index contributed by atoms with van der Waals surface area (Å²) in [6, 6.07) is 5.39. The van der Waals surface area contributed by atoms with Gasteiger partial charge in [-0.1, -0.05) is 17.9 Å². The Balaban J connectivity index is 1.56. The molecule has 9 N–H and O–H groups in total. The van der Waals surface area contributed by atoms with E-state index in [1.54, 1.807) is 24.3 Å². The molecule has 0 radical (unpaired) electrons. The van der Waals surface area contributed by atoms with Gasteiger partial charge in [-0.2, -0.15) is 0 Å². The van der Waals surface area contributed by atoms with Crippen LogP contribution in [-0.4, -0.2) is 71.1 Å². The molecule has 1 amide bonds. The Morgan fingerprint density at radius 1 is 1.16 bits per heavy atom. The van der Waals surface area contributed by atoms with Crippen LogP contribution in [0.5, 0.6) is 0 Å². The van der Waals surface area contributed by atoms with Crippen molar-refractivity contribution in [1.82, 2.24) is 19.5 Å². The van der Waals surface area contributed by atoms with Crippen molar-refractivity contribution >= 4 is 28.9 Å². The van der Waals surface area contributed by atoms with Gasteiger partial charge in [0.2, 0.25) is 5.91 Å². The number of carboxylic acid groups (broad SMARTS) is 1. The van der Waals surface area contributed by atoms with Crippen molar-refractivity contribution in [3.05, 3.63) is 48.0 Å². The van der Waals surface area contributed by atoms with Gasteiger partial charge in [-0.15, -0.1) is 0 Å². The van der Waals surface area contributed by atoms with Crippen molar-refractivity contribution in [3.8, 4) is 11.8 Å². The zero-order chi connectivity index (χ0) is 26.7. The van der Waals surface area contributed by atoms with Gasteiger partial charge in [0.05, 0.1) is 12.4 Å². The largest absolute Gasteiger partial charge is 0.480 e. The van der Waals surface area contributed by atoms with Gasteiger partial charge < -0.3 is 37.3 Å². The van der Waals surface area contributed by atoms with Gasteiger partial charge in [-0.25, -0.2) is 15.0 Å². The molecule has 2 aromatic heterocycles. The third-order valence-electron chi connectivity index (χ3n) is 6.23. The fraction of sp³-hybridized carbons (Fsp3) is 0.375. The van der Waals surface area contributed by atoms with E-state index in [9.17, 15) is 19.8 Å². The molecule has 0 bridgehead atoms. The molecule has 0 unspecified atom stereocenters. The third-order valence-corrected chi connectivity index (χ3v) is 6.23. The number of ether oxygens (including phenoxy) is 1. The number of aliphatic hydroxyl groups excluding tert-OH is 2. The van der Waals surface area contributed by atoms with Gasteiger partial charge in [0.1, 0.15) is 30.1 Å². The summed E-state index contributed by atoms with van der Waals surface area (Å²) >= 11 is 0. The van der Waals surface area contributed by atoms with Crippen LogP contribution in [-0.2, 0) is 9.53 Å². The highest BCUT2D eigenvalue weighted by Crippen LogP contribution is 2.35. The predicted molar refractivity (Wildman–Crippen MR) is 130 cm³/mol. The normalized spacial score (nSPS) is 22.8. The summed E-state index contributed by atoms with van der Waals surface area (Å²) in [6.45, 7) is 0. The van der Waals surface area contributed by atoms with Crippen LogP contribution in [0.1, 0.15) is 41.4 Å². The van der Waals surface area contributed by atoms with Crippen LogP contribution in [0, 0.1) is 17.8 Å². The molecule has 1 aromatic carbocycles. The third kappa shape index (κ3) is 5.68. The topological polar surface area (TPSA) is 226 Å². The lowest BCUT2D eigenvalue weighted by Gasteiger charge is -2.19. The van der Waals surface area contributed by atoms with E-state index in [0.717, 1.165) is 0 Å². The number of rotatable bonds is 8. The number of nitrogen functional groups attached to an aromatic ring is 1. The van der Waals surface area contributed by atoms with E-state index in [1.165, 1.54) is 17.2 Å². The number of benzene rings is 1. The number of hydrogen-bond acceptors (Lipinski definition) is 10. The Bertz CT molecular complexity index is 1370. The first kappa shape index (κ1) is 26.0. The van der Waals surface area contributed by atoms with E-state index in [0.29, 0.717) is 28.7 Å². The average Bonchev–Trinajstić information content (AvgIpc) is 3.42. The monoisotopic (exact) mass is 509 g/mol. The van der Waals surface area contributed by atoms with Crippen molar-refractivity contribution < 1.29 is 29.6 Å². The van der Waals surface area contributed by atoms with Gasteiger partial charge in [0.25, 0.3) is 0 Å². The van der Waals surface area contributed by atoms with Crippen LogP contribution in [0.2, 0.25) is 0 Å². The number of carboxylic acids is 1. The van der Waals surface area contributed by atoms with Crippen LogP contribution in [0.3, 0.4) is 0 Å². The Morgan fingerprint density at radius 2 is 1.95 bits per heavy atom. The van der Waals surface area contributed by atoms with Gasteiger partial charge in [0, 0.05) is 17.0 Å². The molecule has 0 spiro atoms. The van der Waals surface area contributed by atoms with E-state index in [1.807, 2.05) is 0 Å². The zero-order valence-corrected chi connectivity index (χ0v) is 19.6. The highest BCUT2D eigenvalue weighted by molar-refractivity contribution is 5.93. The number of nitrogens with two attached hydrogens (primary N) is 3. The molecule has 1 saturated heterocycles. The van der Waals surface area contributed by atoms with E-state index < -0.39 is 48.4 Å². The average molecular weight is 510 g/mol. The summed E-state index contributed by atoms with van der Waals surface area (Å²) < 4.78 is 7.48. The number of carbonyl (C=O) groups excluding carboxylic acids is 1. The molecule has 0 aliphatic carbocycles. The van der Waals surface area contributed by atoms with Crippen molar-refractivity contribution in [2.45, 2.75) is 49.8 Å². The smallest absolute Gasteiger partial charge is 0.320 e. The van der Waals surface area contributed by atoms with Crippen molar-refractivity contribution in [2.24, 2.45) is 17.4 Å². The Hall–Kier alpha value is -4.09. The maximum atomic E-state index is 11.5. The lowest BCUT2D eigenvalue weighted by Crippen LogP contribution is -2.33. The van der Waals surface area contributed by atoms with Crippen molar-refractivity contribution in [1.29, 1.82) is 0 Å². The number of carbonyl (C=O) groups is 2. The second-order valence-electron chi connectivity index (χ2n) is 8.80. The number of primary amides is 1. The van der Waals surface area contributed by atoms with Gasteiger partial charge >= 0.3 is 5.97 Å². The van der Waals surface area contributed by atoms with E-state index in [-0.39, 0.29) is 18.7 Å². The number of nitrogens with zero attached hydrogens (tertiary/aromatic N) is 4. The Labute approximate surface area is 211 Å². The summed E-state index contributed by atoms with van der Waals surface area (Å²) in [5.41, 5.74) is 18.4. The molecule has 0 saturated carbocycles. The minimum atomic E-state index is -1.30. The number of hydrogen-bond donors (Lipinski definition) is 6. The Kier molecular flexibility index (Phi) is 7.65. The summed E-state index contributed by atoms with van der Waals surface area (Å²) in [7, 11) is 0. The number of imidazole rings is 1. The Morgan fingerprint density at radius 3 is 2.68 bits per heavy atom. The van der Waals surface area contributed by atoms with Gasteiger partial charge in [-0.05, 0) is 37.5 Å². The van der Waals surface area contributed by atoms with E-state index in [2.05, 4.69) is 26.8 Å². The molecule has 37 heavy (non-hydrogen) atoms. The molecule has 1 aliphatic heterocycles. The molecule has 1 aliphatic rings. The molecular weight excluding hydrogens is 482 g/mol. The molecule has 4 rings (SSSR count). The van der Waals surface area contributed by atoms with Crippen LogP contribution < -0.4 is 17.2 Å². The van der Waals surface area contributed by atoms with Crippen LogP contribution in [0.15, 0.2) is 36.9 Å². The fourth-order valence-corrected chi connectivity index (χ4v) is 4.18. The van der Waals surface area contributed by atoms with Gasteiger partial charge in [0.15, 0.2) is 17.7 Å². The quantitative estimate of drug-likeness (QED) is 0.210. The maximum absolute atomic E-state index is 11.5. The van der Waals surface area contributed by atoms with Crippen LogP contribution in [0.4, 0.5) is 5.82 Å². The van der Waals surface area contributed by atoms with Crippen LogP contribution >= 0.6 is 0 Å². The summed E-state index contributed by atoms with van der Waals surface area (Å²) in [5.74, 6) is 4.02. The highest BCUT2D eigenvalue weighted by Gasteiger charge is 2.44. The minimum Gasteiger partial charge on any atom is -0.480 e. The molecule has 1 fully saturated rings. The number of anilines is 1. The van der Waals surface area contributed by atoms with E-state index in [4.69, 9.17) is 27.0 Å². The van der Waals surface area contributed by atoms with Crippen molar-refractivity contribution in [3.63, 3.8) is 0 Å². The second-order valence-corrected chi connectivity index (χ2v) is 8.80. The lowest BCUT2D eigenvalue weighted by atomic mass is 9.92. The van der Waals surface area contributed by atoms with Gasteiger partial charge in [-0.3, -0.25) is 14.2 Å². The molecule has 13 nitrogen and oxygen atoms in total. The van der Waals surface area contributed by atoms with Crippen molar-refractivity contribution in [2.75, 3.05) is 5.73 Å². The standard InChI is InChI=1S/C24H27N7O6/c25-15(24(35)36)7-6-13(5-4-12-2-1-3-14(8-12)21(27)34)9-16-18(32)19(33)23(37-16)31-11-30-17-20(26)28-10-29-22(17)31/h1-3,8,10-11,13,15-16,18-19,23,32-33H,6-7,9,25H2,(H2,27,34)(H,35,36)(H2,26,28,29)/t13-,15+,16-,18-,19-,23-/m1/s1. The zero-order valence-electron chi connectivity index (χ0n) is 19.6. The first-order valence-electron chi connectivity index (χ1n) is 11.5. The molecule has 3 aromatic rings. The molecule has 3 heterocycles. The number of fused-ring (bicyclic) bond motifs is 1. The molecule has 6 atom stereocenters. The highest BCUT2D eigenvalue weighted by atomic mass is 16.6. The van der Waals surface area contributed by atoms with E-state index >= 15 is 0 Å². The summed E-state index contributed by atoms with van der Waals surface area (Å²) in [6.07, 6.45) is -1.15. The fourth-order valence-electron chi connectivity index (χ4n) is 4.18. The SMILES string of the molecule is NC(=O)c1cccc(C#C[C@H](CC[C@H](N)C(=O)O)C[C@H]2O[C@@H](n3cnc4c(N)ncnc43)[C@H](O)[C@@H]2O)c1. The second kappa shape index (κ2) is 10.9. The summed E-state index contributed by atoms with van der Waals surface area (Å²) in [5, 5.41) is 30.7. The van der Waals surface area contributed by atoms with Crippen LogP contribution in [0.25, 0.3) is 11.2 Å². The predicted octanol–water partition coefficient (Wildman–Crippen LogP) is -0.623. The number of aliphatic carboxylic acids is 1. The molecular formula is C24H27N7O6. The number of amides is 1. The lowest BCUT2D eigenvalue weighted by molar-refractivity contribution is -0.138. The molecule has 13 heteroatoms. The minimum absolute atomic E-state index is 0.132. The summed E-state index contributed by atoms with van der Waals surface area (Å²) in [4.78, 5) is 34.9. The first-order chi connectivity index (χ1) is 17.7. The number of aliphatic hydroxyl groups is 2. The first-order valence-corrected chi connectivity index (χ1v) is 11.5. The maximum Gasteiger partial charge on any atom is 0.320 e.